The molecule has 13 heavy (non-hydrogen) atoms. The Morgan fingerprint density at radius 2 is 2.46 bits per heavy atom. The van der Waals surface area contributed by atoms with Crippen molar-refractivity contribution < 1.29 is 9.84 Å². The van der Waals surface area contributed by atoms with E-state index >= 15 is 0 Å². The van der Waals surface area contributed by atoms with Crippen molar-refractivity contribution in [1.29, 1.82) is 0 Å². The first kappa shape index (κ1) is 9.47. The van der Waals surface area contributed by atoms with Gasteiger partial charge in [-0.05, 0) is 6.08 Å². The highest BCUT2D eigenvalue weighted by Crippen LogP contribution is 2.14. The second-order valence-corrected chi connectivity index (χ2v) is 2.27. The molecule has 0 aromatic carbocycles. The molecule has 0 unspecified atom stereocenters. The molecule has 0 spiro atoms. The van der Waals surface area contributed by atoms with Crippen molar-refractivity contribution in [2.24, 2.45) is 0 Å². The van der Waals surface area contributed by atoms with Crippen molar-refractivity contribution in [2.45, 2.75) is 0 Å². The molecule has 0 saturated heterocycles. The van der Waals surface area contributed by atoms with Crippen LogP contribution in [0.4, 0.5) is 5.82 Å². The molecule has 70 valence electrons. The van der Waals surface area contributed by atoms with Crippen LogP contribution in [0.15, 0.2) is 12.3 Å². The predicted molar refractivity (Wildman–Crippen MR) is 49.1 cm³/mol. The Balaban J connectivity index is 2.92. The lowest BCUT2D eigenvalue weighted by Crippen LogP contribution is -1.99. The van der Waals surface area contributed by atoms with Crippen molar-refractivity contribution in [1.82, 2.24) is 9.97 Å². The minimum atomic E-state index is -0.0334. The summed E-state index contributed by atoms with van der Waals surface area (Å²) < 4.78 is 4.87. The number of anilines is 1. The summed E-state index contributed by atoms with van der Waals surface area (Å²) in [5, 5.41) is 8.52. The molecular formula is C8H11N3O2. The summed E-state index contributed by atoms with van der Waals surface area (Å²) in [7, 11) is 1.47. The van der Waals surface area contributed by atoms with Gasteiger partial charge in [-0.3, -0.25) is 0 Å². The molecule has 5 nitrogen and oxygen atoms in total. The topological polar surface area (TPSA) is 81.3 Å². The summed E-state index contributed by atoms with van der Waals surface area (Å²) in [6.07, 6.45) is 4.69. The molecule has 1 heterocycles. The highest BCUT2D eigenvalue weighted by atomic mass is 16.5. The minimum absolute atomic E-state index is 0.0334. The number of nitrogen functional groups attached to an aromatic ring is 1. The fourth-order valence-corrected chi connectivity index (χ4v) is 0.798. The third-order valence-electron chi connectivity index (χ3n) is 1.37. The monoisotopic (exact) mass is 181 g/mol. The molecule has 1 rings (SSSR count). The first-order chi connectivity index (χ1) is 6.27. The maximum Gasteiger partial charge on any atom is 0.257 e. The van der Waals surface area contributed by atoms with Crippen LogP contribution in [-0.4, -0.2) is 28.8 Å². The number of hydrogen-bond acceptors (Lipinski definition) is 5. The maximum absolute atomic E-state index is 8.52. The summed E-state index contributed by atoms with van der Waals surface area (Å²) >= 11 is 0. The average Bonchev–Trinajstić information content (AvgIpc) is 2.16. The van der Waals surface area contributed by atoms with Crippen LogP contribution in [-0.2, 0) is 0 Å². The smallest absolute Gasteiger partial charge is 0.257 e. The zero-order valence-corrected chi connectivity index (χ0v) is 7.27. The number of ether oxygens (including phenoxy) is 1. The quantitative estimate of drug-likeness (QED) is 0.689. The molecule has 0 aliphatic carbocycles. The average molecular weight is 181 g/mol. The third kappa shape index (κ3) is 2.41. The van der Waals surface area contributed by atoms with Gasteiger partial charge in [-0.2, -0.15) is 0 Å². The Labute approximate surface area is 75.9 Å². The summed E-state index contributed by atoms with van der Waals surface area (Å²) in [5.74, 6) is 0.545. The second kappa shape index (κ2) is 4.42. The van der Waals surface area contributed by atoms with Crippen LogP contribution >= 0.6 is 0 Å². The van der Waals surface area contributed by atoms with Crippen molar-refractivity contribution in [3.63, 3.8) is 0 Å². The van der Waals surface area contributed by atoms with E-state index in [2.05, 4.69) is 9.97 Å². The van der Waals surface area contributed by atoms with E-state index < -0.39 is 0 Å². The van der Waals surface area contributed by atoms with Crippen molar-refractivity contribution in [3.8, 4) is 5.88 Å². The van der Waals surface area contributed by atoms with Gasteiger partial charge in [0, 0.05) is 0 Å². The molecule has 3 N–H and O–H groups in total. The van der Waals surface area contributed by atoms with Crippen molar-refractivity contribution in [3.05, 3.63) is 18.0 Å². The SMILES string of the molecule is COc1nc(C=CCO)cnc1N. The van der Waals surface area contributed by atoms with Crippen LogP contribution in [0, 0.1) is 0 Å². The van der Waals surface area contributed by atoms with Gasteiger partial charge in [0.05, 0.1) is 25.6 Å². The van der Waals surface area contributed by atoms with Gasteiger partial charge in [-0.1, -0.05) is 6.08 Å². The highest BCUT2D eigenvalue weighted by Gasteiger charge is 2.01. The van der Waals surface area contributed by atoms with Crippen molar-refractivity contribution >= 4 is 11.9 Å². The van der Waals surface area contributed by atoms with E-state index in [9.17, 15) is 0 Å². The Bertz CT molecular complexity index is 312. The van der Waals surface area contributed by atoms with E-state index in [-0.39, 0.29) is 12.4 Å². The number of aliphatic hydroxyl groups excluding tert-OH is 1. The molecule has 0 bridgehead atoms. The normalized spacial score (nSPS) is 10.6. The first-order valence-corrected chi connectivity index (χ1v) is 3.72. The lowest BCUT2D eigenvalue weighted by molar-refractivity contribution is 0.343. The molecule has 0 fully saturated rings. The fraction of sp³-hybridized carbons (Fsp3) is 0.250. The lowest BCUT2D eigenvalue weighted by atomic mass is 10.4. The van der Waals surface area contributed by atoms with Crippen LogP contribution in [0.25, 0.3) is 6.08 Å². The number of rotatable bonds is 3. The molecule has 1 aromatic heterocycles. The zero-order chi connectivity index (χ0) is 9.68. The van der Waals surface area contributed by atoms with Crippen molar-refractivity contribution in [2.75, 3.05) is 19.5 Å². The largest absolute Gasteiger partial charge is 0.478 e. The first-order valence-electron chi connectivity index (χ1n) is 3.72. The van der Waals surface area contributed by atoms with E-state index in [1.807, 2.05) is 0 Å². The molecule has 0 atom stereocenters. The van der Waals surface area contributed by atoms with E-state index in [0.29, 0.717) is 11.6 Å². The summed E-state index contributed by atoms with van der Waals surface area (Å²) in [5.41, 5.74) is 6.05. The number of hydrogen-bond donors (Lipinski definition) is 2. The standard InChI is InChI=1S/C8H11N3O2/c1-13-8-7(9)10-5-6(11-8)3-2-4-12/h2-3,5,12H,4H2,1H3,(H2,9,10). The lowest BCUT2D eigenvalue weighted by Gasteiger charge is -2.01. The Hall–Kier alpha value is -1.62. The molecule has 1 aromatic rings. The Morgan fingerprint density at radius 3 is 3.08 bits per heavy atom. The van der Waals surface area contributed by atoms with Gasteiger partial charge in [0.1, 0.15) is 0 Å². The Morgan fingerprint density at radius 1 is 1.69 bits per heavy atom. The van der Waals surface area contributed by atoms with Crippen LogP contribution in [0.5, 0.6) is 5.88 Å². The van der Waals surface area contributed by atoms with E-state index in [1.54, 1.807) is 12.2 Å². The summed E-state index contributed by atoms with van der Waals surface area (Å²) in [6, 6.07) is 0. The number of nitrogens with two attached hydrogens (primary N) is 1. The van der Waals surface area contributed by atoms with Gasteiger partial charge in [0.15, 0.2) is 5.82 Å². The molecule has 0 aliphatic rings. The molecule has 0 amide bonds. The van der Waals surface area contributed by atoms with E-state index in [4.69, 9.17) is 15.6 Å². The molecule has 5 heteroatoms. The number of methoxy groups -OCH3 is 1. The highest BCUT2D eigenvalue weighted by molar-refractivity contribution is 5.49. The molecule has 0 saturated carbocycles. The third-order valence-corrected chi connectivity index (χ3v) is 1.37. The van der Waals surface area contributed by atoms with Crippen LogP contribution in [0.3, 0.4) is 0 Å². The number of aromatic nitrogens is 2. The van der Waals surface area contributed by atoms with E-state index in [1.165, 1.54) is 13.3 Å². The maximum atomic E-state index is 8.52. The summed E-state index contributed by atoms with van der Waals surface area (Å²) in [4.78, 5) is 7.88. The van der Waals surface area contributed by atoms with Gasteiger partial charge in [-0.25, -0.2) is 9.97 Å². The van der Waals surface area contributed by atoms with E-state index in [0.717, 1.165) is 0 Å². The fourth-order valence-electron chi connectivity index (χ4n) is 0.798. The van der Waals surface area contributed by atoms with Crippen LogP contribution in [0.2, 0.25) is 0 Å². The van der Waals surface area contributed by atoms with Crippen LogP contribution < -0.4 is 10.5 Å². The number of aliphatic hydroxyl groups is 1. The second-order valence-electron chi connectivity index (χ2n) is 2.27. The summed E-state index contributed by atoms with van der Waals surface area (Å²) in [6.45, 7) is -0.0334. The predicted octanol–water partition coefficient (Wildman–Crippen LogP) is 0.0729. The minimum Gasteiger partial charge on any atom is -0.478 e. The van der Waals surface area contributed by atoms with Crippen LogP contribution in [0.1, 0.15) is 5.69 Å². The molecule has 0 aliphatic heterocycles. The number of nitrogens with zero attached hydrogens (tertiary/aromatic N) is 2. The van der Waals surface area contributed by atoms with Gasteiger partial charge in [0.2, 0.25) is 0 Å². The van der Waals surface area contributed by atoms with Gasteiger partial charge >= 0.3 is 0 Å². The Kier molecular flexibility index (Phi) is 3.22. The van der Waals surface area contributed by atoms with Gasteiger partial charge in [-0.15, -0.1) is 0 Å². The zero-order valence-electron chi connectivity index (χ0n) is 7.27. The molecular weight excluding hydrogens is 170 g/mol. The van der Waals surface area contributed by atoms with Gasteiger partial charge in [0.25, 0.3) is 5.88 Å². The molecule has 0 radical (unpaired) electrons. The van der Waals surface area contributed by atoms with Gasteiger partial charge < -0.3 is 15.6 Å².